The molecule has 0 bridgehead atoms. The molecule has 0 aliphatic heterocycles. The quantitative estimate of drug-likeness (QED) is 0.849. The van der Waals surface area contributed by atoms with Crippen LogP contribution >= 0.6 is 34.8 Å². The van der Waals surface area contributed by atoms with E-state index in [0.29, 0.717) is 15.7 Å². The topological polar surface area (TPSA) is 30.7 Å². The first-order valence-corrected chi connectivity index (χ1v) is 6.32. The summed E-state index contributed by atoms with van der Waals surface area (Å²) in [5, 5.41) is 9.20. The van der Waals surface area contributed by atoms with Crippen LogP contribution in [-0.2, 0) is 6.42 Å². The van der Waals surface area contributed by atoms with Gasteiger partial charge in [0, 0.05) is 6.42 Å². The molecular formula is C11H10Cl3N3. The Morgan fingerprint density at radius 3 is 2.35 bits per heavy atom. The largest absolute Gasteiger partial charge is 0.267 e. The number of halogens is 3. The minimum absolute atomic E-state index is 0.267. The Kier molecular flexibility index (Phi) is 3.92. The summed E-state index contributed by atoms with van der Waals surface area (Å²) in [6.07, 6.45) is 1.71. The smallest absolute Gasteiger partial charge is 0.229 e. The predicted octanol–water partition coefficient (Wildman–Crippen LogP) is 4.18. The summed E-state index contributed by atoms with van der Waals surface area (Å²) in [7, 11) is 0. The second-order valence-electron chi connectivity index (χ2n) is 3.54. The van der Waals surface area contributed by atoms with Crippen molar-refractivity contribution in [2.24, 2.45) is 0 Å². The van der Waals surface area contributed by atoms with Crippen LogP contribution in [0.25, 0.3) is 5.69 Å². The third kappa shape index (κ3) is 2.41. The van der Waals surface area contributed by atoms with Crippen LogP contribution in [0.2, 0.25) is 15.3 Å². The highest BCUT2D eigenvalue weighted by Crippen LogP contribution is 2.31. The predicted molar refractivity (Wildman–Crippen MR) is 70.4 cm³/mol. The Morgan fingerprint density at radius 2 is 1.76 bits per heavy atom. The minimum atomic E-state index is 0.267. The number of rotatable bonds is 3. The number of aromatic nitrogens is 3. The fourth-order valence-corrected chi connectivity index (χ4v) is 2.39. The maximum Gasteiger partial charge on any atom is 0.229 e. The number of para-hydroxylation sites is 1. The third-order valence-electron chi connectivity index (χ3n) is 2.33. The molecule has 0 atom stereocenters. The molecule has 0 aliphatic carbocycles. The molecule has 1 heterocycles. The molecule has 1 aromatic heterocycles. The molecule has 0 amide bonds. The number of aryl methyl sites for hydroxylation is 1. The molecule has 0 N–H and O–H groups in total. The summed E-state index contributed by atoms with van der Waals surface area (Å²) < 4.78 is 1.69. The lowest BCUT2D eigenvalue weighted by atomic mass is 10.3. The molecule has 0 spiro atoms. The van der Waals surface area contributed by atoms with Crippen LogP contribution < -0.4 is 0 Å². The monoisotopic (exact) mass is 289 g/mol. The van der Waals surface area contributed by atoms with Crippen LogP contribution in [0.3, 0.4) is 0 Å². The van der Waals surface area contributed by atoms with Crippen LogP contribution in [0.1, 0.15) is 19.2 Å². The second kappa shape index (κ2) is 5.25. The Hall–Kier alpha value is -0.770. The van der Waals surface area contributed by atoms with Crippen molar-refractivity contribution in [2.75, 3.05) is 0 Å². The van der Waals surface area contributed by atoms with Gasteiger partial charge in [0.05, 0.1) is 15.7 Å². The van der Waals surface area contributed by atoms with Gasteiger partial charge in [-0.2, -0.15) is 0 Å². The van der Waals surface area contributed by atoms with E-state index < -0.39 is 0 Å². The van der Waals surface area contributed by atoms with Crippen LogP contribution in [0.5, 0.6) is 0 Å². The standard InChI is InChI=1S/C11H10Cl3N3/c1-2-4-9-15-16-11(14)17(9)10-7(12)5-3-6-8(10)13/h3,5-6H,2,4H2,1H3. The highest BCUT2D eigenvalue weighted by Gasteiger charge is 2.16. The van der Waals surface area contributed by atoms with Gasteiger partial charge in [-0.1, -0.05) is 36.2 Å². The van der Waals surface area contributed by atoms with Crippen molar-refractivity contribution in [1.82, 2.24) is 14.8 Å². The molecule has 0 aliphatic rings. The van der Waals surface area contributed by atoms with E-state index in [1.54, 1.807) is 22.8 Å². The van der Waals surface area contributed by atoms with Gasteiger partial charge >= 0.3 is 0 Å². The highest BCUT2D eigenvalue weighted by molar-refractivity contribution is 6.38. The van der Waals surface area contributed by atoms with Gasteiger partial charge in [0.1, 0.15) is 5.82 Å². The lowest BCUT2D eigenvalue weighted by Crippen LogP contribution is -2.03. The van der Waals surface area contributed by atoms with Crippen molar-refractivity contribution in [3.8, 4) is 5.69 Å². The van der Waals surface area contributed by atoms with E-state index >= 15 is 0 Å². The number of benzene rings is 1. The fourth-order valence-electron chi connectivity index (χ4n) is 1.60. The van der Waals surface area contributed by atoms with Crippen LogP contribution in [0, 0.1) is 0 Å². The van der Waals surface area contributed by atoms with E-state index in [1.165, 1.54) is 0 Å². The van der Waals surface area contributed by atoms with Crippen LogP contribution in [0.4, 0.5) is 0 Å². The lowest BCUT2D eigenvalue weighted by molar-refractivity contribution is 0.803. The van der Waals surface area contributed by atoms with E-state index in [4.69, 9.17) is 34.8 Å². The van der Waals surface area contributed by atoms with Gasteiger partial charge in [-0.25, -0.2) is 0 Å². The van der Waals surface area contributed by atoms with Crippen LogP contribution in [0.15, 0.2) is 18.2 Å². The number of hydrogen-bond acceptors (Lipinski definition) is 2. The van der Waals surface area contributed by atoms with Gasteiger partial charge < -0.3 is 0 Å². The van der Waals surface area contributed by atoms with Gasteiger partial charge in [0.25, 0.3) is 0 Å². The van der Waals surface area contributed by atoms with Gasteiger partial charge in [-0.05, 0) is 30.2 Å². The maximum absolute atomic E-state index is 6.15. The SMILES string of the molecule is CCCc1nnc(Cl)n1-c1c(Cl)cccc1Cl. The van der Waals surface area contributed by atoms with Crippen molar-refractivity contribution < 1.29 is 0 Å². The van der Waals surface area contributed by atoms with Gasteiger partial charge in [0.2, 0.25) is 5.28 Å². The number of nitrogens with zero attached hydrogens (tertiary/aromatic N) is 3. The molecule has 2 rings (SSSR count). The van der Waals surface area contributed by atoms with E-state index in [-0.39, 0.29) is 5.28 Å². The summed E-state index contributed by atoms with van der Waals surface area (Å²) in [5.74, 6) is 0.757. The molecule has 1 aromatic carbocycles. The molecular weight excluding hydrogens is 281 g/mol. The van der Waals surface area contributed by atoms with Crippen molar-refractivity contribution in [3.05, 3.63) is 39.4 Å². The molecule has 17 heavy (non-hydrogen) atoms. The minimum Gasteiger partial charge on any atom is -0.267 e. The van der Waals surface area contributed by atoms with E-state index in [2.05, 4.69) is 17.1 Å². The number of hydrogen-bond donors (Lipinski definition) is 0. The van der Waals surface area contributed by atoms with E-state index in [0.717, 1.165) is 18.7 Å². The van der Waals surface area contributed by atoms with Crippen molar-refractivity contribution in [3.63, 3.8) is 0 Å². The normalized spacial score (nSPS) is 10.8. The molecule has 3 nitrogen and oxygen atoms in total. The summed E-state index contributed by atoms with van der Waals surface area (Å²) in [6, 6.07) is 5.30. The molecule has 2 aromatic rings. The van der Waals surface area contributed by atoms with Gasteiger partial charge in [0.15, 0.2) is 0 Å². The van der Waals surface area contributed by atoms with E-state index in [9.17, 15) is 0 Å². The Bertz CT molecular complexity index is 517. The fraction of sp³-hybridized carbons (Fsp3) is 0.273. The summed E-state index contributed by atoms with van der Waals surface area (Å²) in [4.78, 5) is 0. The molecule has 0 radical (unpaired) electrons. The zero-order valence-electron chi connectivity index (χ0n) is 9.12. The third-order valence-corrected chi connectivity index (χ3v) is 3.18. The molecule has 0 saturated heterocycles. The highest BCUT2D eigenvalue weighted by atomic mass is 35.5. The van der Waals surface area contributed by atoms with Gasteiger partial charge in [-0.15, -0.1) is 10.2 Å². The van der Waals surface area contributed by atoms with Crippen molar-refractivity contribution in [2.45, 2.75) is 19.8 Å². The summed E-state index contributed by atoms with van der Waals surface area (Å²) in [6.45, 7) is 2.06. The first-order chi connectivity index (χ1) is 8.15. The second-order valence-corrected chi connectivity index (χ2v) is 4.69. The average molecular weight is 291 g/mol. The first-order valence-electron chi connectivity index (χ1n) is 5.19. The first kappa shape index (κ1) is 12.7. The molecule has 0 unspecified atom stereocenters. The molecule has 0 fully saturated rings. The zero-order valence-corrected chi connectivity index (χ0v) is 11.4. The Labute approximate surface area is 114 Å². The molecule has 6 heteroatoms. The van der Waals surface area contributed by atoms with Crippen LogP contribution in [-0.4, -0.2) is 14.8 Å². The zero-order chi connectivity index (χ0) is 12.4. The van der Waals surface area contributed by atoms with Crippen molar-refractivity contribution in [1.29, 1.82) is 0 Å². The summed E-state index contributed by atoms with van der Waals surface area (Å²) in [5.41, 5.74) is 0.634. The lowest BCUT2D eigenvalue weighted by Gasteiger charge is -2.10. The maximum atomic E-state index is 6.15. The summed E-state index contributed by atoms with van der Waals surface area (Å²) >= 11 is 18.3. The Balaban J connectivity index is 2.63. The molecule has 0 saturated carbocycles. The Morgan fingerprint density at radius 1 is 1.12 bits per heavy atom. The van der Waals surface area contributed by atoms with Gasteiger partial charge in [-0.3, -0.25) is 4.57 Å². The molecule has 90 valence electrons. The van der Waals surface area contributed by atoms with Crippen molar-refractivity contribution >= 4 is 34.8 Å². The average Bonchev–Trinajstić information content (AvgIpc) is 2.62. The van der Waals surface area contributed by atoms with E-state index in [1.807, 2.05) is 0 Å².